The summed E-state index contributed by atoms with van der Waals surface area (Å²) >= 11 is 1.27. The molecule has 0 spiro atoms. The Hall–Kier alpha value is -2.48. The number of nitrogen functional groups attached to an aromatic ring is 1. The highest BCUT2D eigenvalue weighted by Gasteiger charge is 2.31. The minimum absolute atomic E-state index is 0.143. The summed E-state index contributed by atoms with van der Waals surface area (Å²) in [7, 11) is 0. The molecule has 1 heterocycles. The fraction of sp³-hybridized carbons (Fsp3) is 0.133. The lowest BCUT2D eigenvalue weighted by atomic mass is 10.0. The molecule has 3 N–H and O–H groups in total. The van der Waals surface area contributed by atoms with Crippen LogP contribution in [-0.2, 0) is 0 Å². The molecule has 3 rings (SSSR count). The molecule has 0 aliphatic heterocycles. The van der Waals surface area contributed by atoms with Crippen molar-refractivity contribution in [2.45, 2.75) is 13.3 Å². The van der Waals surface area contributed by atoms with Crippen molar-refractivity contribution in [3.8, 4) is 22.6 Å². The van der Waals surface area contributed by atoms with Gasteiger partial charge in [-0.05, 0) is 48.4 Å². The summed E-state index contributed by atoms with van der Waals surface area (Å²) in [6, 6.07) is 6.82. The Kier molecular flexibility index (Phi) is 3.56. The topological polar surface area (TPSA) is 68.4 Å². The van der Waals surface area contributed by atoms with E-state index in [4.69, 9.17) is 5.73 Å². The van der Waals surface area contributed by atoms with Crippen LogP contribution in [0.4, 0.5) is 18.3 Å². The third-order valence-electron chi connectivity index (χ3n) is 3.21. The van der Waals surface area contributed by atoms with Gasteiger partial charge in [0.2, 0.25) is 0 Å². The SMILES string of the molecule is Cc1cc(-c2cc(OC(F)(F)F)ccc2O)cc2sc(N)nc12. The number of alkyl halides is 3. The maximum absolute atomic E-state index is 12.3. The number of benzene rings is 2. The lowest BCUT2D eigenvalue weighted by molar-refractivity contribution is -0.274. The van der Waals surface area contributed by atoms with Gasteiger partial charge in [0.25, 0.3) is 0 Å². The Morgan fingerprint density at radius 3 is 2.65 bits per heavy atom. The summed E-state index contributed by atoms with van der Waals surface area (Å²) in [6.07, 6.45) is -4.79. The van der Waals surface area contributed by atoms with Gasteiger partial charge in [0.1, 0.15) is 11.5 Å². The maximum Gasteiger partial charge on any atom is 0.573 e. The number of rotatable bonds is 2. The van der Waals surface area contributed by atoms with Crippen molar-refractivity contribution >= 4 is 26.7 Å². The van der Waals surface area contributed by atoms with E-state index in [9.17, 15) is 18.3 Å². The van der Waals surface area contributed by atoms with Crippen molar-refractivity contribution in [3.63, 3.8) is 0 Å². The van der Waals surface area contributed by atoms with Gasteiger partial charge in [-0.2, -0.15) is 0 Å². The van der Waals surface area contributed by atoms with Gasteiger partial charge < -0.3 is 15.6 Å². The number of phenolic OH excluding ortho intramolecular Hbond substituents is 1. The first-order chi connectivity index (χ1) is 10.7. The van der Waals surface area contributed by atoms with Crippen molar-refractivity contribution < 1.29 is 23.0 Å². The van der Waals surface area contributed by atoms with E-state index in [1.54, 1.807) is 12.1 Å². The number of aromatic hydroxyl groups is 1. The monoisotopic (exact) mass is 340 g/mol. The lowest BCUT2D eigenvalue weighted by Crippen LogP contribution is -2.17. The highest BCUT2D eigenvalue weighted by atomic mass is 32.1. The lowest BCUT2D eigenvalue weighted by Gasteiger charge is -2.12. The van der Waals surface area contributed by atoms with Crippen molar-refractivity contribution in [1.82, 2.24) is 4.98 Å². The molecular weight excluding hydrogens is 329 g/mol. The van der Waals surface area contributed by atoms with Crippen molar-refractivity contribution in [2.75, 3.05) is 5.73 Å². The minimum Gasteiger partial charge on any atom is -0.507 e. The highest BCUT2D eigenvalue weighted by molar-refractivity contribution is 7.22. The van der Waals surface area contributed by atoms with Gasteiger partial charge in [0, 0.05) is 5.56 Å². The number of hydrogen-bond donors (Lipinski definition) is 2. The molecule has 0 bridgehead atoms. The molecule has 0 saturated heterocycles. The number of ether oxygens (including phenoxy) is 1. The van der Waals surface area contributed by atoms with Gasteiger partial charge in [-0.25, -0.2) is 4.98 Å². The molecule has 0 aliphatic carbocycles. The second kappa shape index (κ2) is 5.31. The van der Waals surface area contributed by atoms with E-state index in [1.165, 1.54) is 11.3 Å². The van der Waals surface area contributed by atoms with E-state index in [1.807, 2.05) is 6.92 Å². The van der Waals surface area contributed by atoms with Crippen LogP contribution >= 0.6 is 11.3 Å². The number of anilines is 1. The Bertz CT molecular complexity index is 890. The average molecular weight is 340 g/mol. The summed E-state index contributed by atoms with van der Waals surface area (Å²) in [6.45, 7) is 1.82. The fourth-order valence-electron chi connectivity index (χ4n) is 2.31. The number of hydrogen-bond acceptors (Lipinski definition) is 5. The van der Waals surface area contributed by atoms with E-state index in [-0.39, 0.29) is 11.3 Å². The molecule has 3 aromatic rings. The Morgan fingerprint density at radius 1 is 1.22 bits per heavy atom. The molecule has 23 heavy (non-hydrogen) atoms. The predicted molar refractivity (Wildman–Crippen MR) is 82.6 cm³/mol. The van der Waals surface area contributed by atoms with E-state index in [2.05, 4.69) is 9.72 Å². The standard InChI is InChI=1S/C15H11F3N2O2S/c1-7-4-8(5-12-13(7)20-14(19)23-12)10-6-9(2-3-11(10)21)22-15(16,17)18/h2-6,21H,1H3,(H2,19,20). The number of nitrogens with two attached hydrogens (primary N) is 1. The molecule has 8 heteroatoms. The van der Waals surface area contributed by atoms with Gasteiger partial charge >= 0.3 is 6.36 Å². The van der Waals surface area contributed by atoms with Gasteiger partial charge in [-0.1, -0.05) is 11.3 Å². The summed E-state index contributed by atoms with van der Waals surface area (Å²) < 4.78 is 41.7. The number of halogens is 3. The third-order valence-corrected chi connectivity index (χ3v) is 4.05. The van der Waals surface area contributed by atoms with Crippen LogP contribution < -0.4 is 10.5 Å². The van der Waals surface area contributed by atoms with E-state index in [0.717, 1.165) is 34.0 Å². The molecule has 120 valence electrons. The van der Waals surface area contributed by atoms with Gasteiger partial charge in [0.15, 0.2) is 5.13 Å². The summed E-state index contributed by atoms with van der Waals surface area (Å²) in [5.74, 6) is -0.539. The zero-order valence-electron chi connectivity index (χ0n) is 11.8. The van der Waals surface area contributed by atoms with E-state index < -0.39 is 12.1 Å². The molecule has 0 amide bonds. The van der Waals surface area contributed by atoms with Crippen LogP contribution in [0.15, 0.2) is 30.3 Å². The van der Waals surface area contributed by atoms with E-state index >= 15 is 0 Å². The molecule has 0 unspecified atom stereocenters. The number of fused-ring (bicyclic) bond motifs is 1. The second-order valence-electron chi connectivity index (χ2n) is 4.92. The number of thiazole rings is 1. The smallest absolute Gasteiger partial charge is 0.507 e. The van der Waals surface area contributed by atoms with Gasteiger partial charge in [0.05, 0.1) is 10.2 Å². The molecule has 0 aliphatic rings. The Labute approximate surface area is 133 Å². The quantitative estimate of drug-likeness (QED) is 0.723. The first kappa shape index (κ1) is 15.4. The Morgan fingerprint density at radius 2 is 1.96 bits per heavy atom. The largest absolute Gasteiger partial charge is 0.573 e. The van der Waals surface area contributed by atoms with Crippen molar-refractivity contribution in [1.29, 1.82) is 0 Å². The van der Waals surface area contributed by atoms with Crippen LogP contribution in [0.3, 0.4) is 0 Å². The molecule has 0 radical (unpaired) electrons. The molecule has 2 aromatic carbocycles. The first-order valence-corrected chi connectivity index (χ1v) is 7.30. The van der Waals surface area contributed by atoms with Crippen LogP contribution in [0.2, 0.25) is 0 Å². The number of aryl methyl sites for hydroxylation is 1. The molecule has 0 atom stereocenters. The van der Waals surface area contributed by atoms with Crippen molar-refractivity contribution in [2.24, 2.45) is 0 Å². The first-order valence-electron chi connectivity index (χ1n) is 6.49. The van der Waals surface area contributed by atoms with Crippen LogP contribution in [0.1, 0.15) is 5.56 Å². The zero-order chi connectivity index (χ0) is 16.8. The number of nitrogens with zero attached hydrogens (tertiary/aromatic N) is 1. The van der Waals surface area contributed by atoms with Crippen LogP contribution in [0.5, 0.6) is 11.5 Å². The second-order valence-corrected chi connectivity index (χ2v) is 5.98. The maximum atomic E-state index is 12.3. The third kappa shape index (κ3) is 3.16. The van der Waals surface area contributed by atoms with E-state index in [0.29, 0.717) is 10.7 Å². The van der Waals surface area contributed by atoms with Crippen LogP contribution in [-0.4, -0.2) is 16.5 Å². The van der Waals surface area contributed by atoms with Crippen LogP contribution in [0.25, 0.3) is 21.3 Å². The predicted octanol–water partition coefficient (Wildman–Crippen LogP) is 4.46. The molecule has 0 fully saturated rings. The van der Waals surface area contributed by atoms with Gasteiger partial charge in [-0.15, -0.1) is 13.2 Å². The fourth-order valence-corrected chi connectivity index (χ4v) is 3.16. The molecule has 0 saturated carbocycles. The molecule has 4 nitrogen and oxygen atoms in total. The number of phenols is 1. The summed E-state index contributed by atoms with van der Waals surface area (Å²) in [4.78, 5) is 4.20. The number of aromatic nitrogens is 1. The Balaban J connectivity index is 2.12. The zero-order valence-corrected chi connectivity index (χ0v) is 12.6. The molecular formula is C15H11F3N2O2S. The van der Waals surface area contributed by atoms with Crippen molar-refractivity contribution in [3.05, 3.63) is 35.9 Å². The average Bonchev–Trinajstić information content (AvgIpc) is 2.80. The van der Waals surface area contributed by atoms with Gasteiger partial charge in [-0.3, -0.25) is 0 Å². The minimum atomic E-state index is -4.79. The highest BCUT2D eigenvalue weighted by Crippen LogP contribution is 2.38. The normalized spacial score (nSPS) is 11.8. The van der Waals surface area contributed by atoms with Crippen LogP contribution in [0, 0.1) is 6.92 Å². The molecule has 1 aromatic heterocycles. The summed E-state index contributed by atoms with van der Waals surface area (Å²) in [5.41, 5.74) is 8.03. The summed E-state index contributed by atoms with van der Waals surface area (Å²) in [5, 5.41) is 10.4.